The molecule has 1 aliphatic heterocycles. The molecule has 2 heterocycles. The van der Waals surface area contributed by atoms with E-state index in [1.54, 1.807) is 7.11 Å². The molecule has 1 saturated heterocycles. The largest absolute Gasteiger partial charge is 0.383 e. The summed E-state index contributed by atoms with van der Waals surface area (Å²) in [5.41, 5.74) is 0. The first-order valence-corrected chi connectivity index (χ1v) is 6.00. The van der Waals surface area contributed by atoms with Crippen LogP contribution in [0.4, 0.5) is 0 Å². The smallest absolute Gasteiger partial charge is 0.0658 e. The summed E-state index contributed by atoms with van der Waals surface area (Å²) in [4.78, 5) is 2.42. The van der Waals surface area contributed by atoms with Crippen LogP contribution in [0.2, 0.25) is 0 Å². The predicted octanol–water partition coefficient (Wildman–Crippen LogP) is 1.54. The molecule has 1 aliphatic rings. The van der Waals surface area contributed by atoms with Gasteiger partial charge in [-0.2, -0.15) is 5.10 Å². The third-order valence-electron chi connectivity index (χ3n) is 2.80. The fourth-order valence-electron chi connectivity index (χ4n) is 1.97. The van der Waals surface area contributed by atoms with Crippen molar-refractivity contribution in [1.29, 1.82) is 0 Å². The monoisotopic (exact) mass is 273 g/mol. The number of rotatable bonds is 4. The Balaban J connectivity index is 1.87. The number of methoxy groups -OCH3 is 1. The molecule has 0 radical (unpaired) electrons. The maximum atomic E-state index is 5.08. The van der Waals surface area contributed by atoms with Gasteiger partial charge in [0.1, 0.15) is 0 Å². The van der Waals surface area contributed by atoms with Gasteiger partial charge in [0.05, 0.1) is 23.3 Å². The molecule has 1 atom stereocenters. The SMILES string of the molecule is COCCN1CCC(n2cc(Br)cn2)C1. The van der Waals surface area contributed by atoms with Crippen LogP contribution in [0.3, 0.4) is 0 Å². The van der Waals surface area contributed by atoms with E-state index >= 15 is 0 Å². The van der Waals surface area contributed by atoms with Gasteiger partial charge < -0.3 is 4.74 Å². The van der Waals surface area contributed by atoms with E-state index < -0.39 is 0 Å². The van der Waals surface area contributed by atoms with E-state index in [9.17, 15) is 0 Å². The van der Waals surface area contributed by atoms with Gasteiger partial charge in [-0.3, -0.25) is 9.58 Å². The van der Waals surface area contributed by atoms with Crippen LogP contribution in [0.15, 0.2) is 16.9 Å². The number of aromatic nitrogens is 2. The lowest BCUT2D eigenvalue weighted by atomic mass is 10.3. The molecule has 84 valence electrons. The minimum atomic E-state index is 0.521. The summed E-state index contributed by atoms with van der Waals surface area (Å²) in [7, 11) is 1.75. The lowest BCUT2D eigenvalue weighted by Crippen LogP contribution is -2.25. The molecule has 0 amide bonds. The molecule has 4 nitrogen and oxygen atoms in total. The lowest BCUT2D eigenvalue weighted by molar-refractivity contribution is 0.158. The summed E-state index contributed by atoms with van der Waals surface area (Å²) in [5.74, 6) is 0. The first-order valence-electron chi connectivity index (χ1n) is 5.20. The number of halogens is 1. The fraction of sp³-hybridized carbons (Fsp3) is 0.700. The van der Waals surface area contributed by atoms with Crippen molar-refractivity contribution in [3.63, 3.8) is 0 Å². The number of nitrogens with zero attached hydrogens (tertiary/aromatic N) is 3. The highest BCUT2D eigenvalue weighted by Crippen LogP contribution is 2.21. The Morgan fingerprint density at radius 1 is 1.67 bits per heavy atom. The van der Waals surface area contributed by atoms with Crippen molar-refractivity contribution >= 4 is 15.9 Å². The van der Waals surface area contributed by atoms with Crippen LogP contribution in [0.25, 0.3) is 0 Å². The quantitative estimate of drug-likeness (QED) is 0.834. The summed E-state index contributed by atoms with van der Waals surface area (Å²) in [5, 5.41) is 4.32. The molecule has 0 saturated carbocycles. The zero-order valence-electron chi connectivity index (χ0n) is 8.90. The minimum Gasteiger partial charge on any atom is -0.383 e. The average molecular weight is 274 g/mol. The highest BCUT2D eigenvalue weighted by molar-refractivity contribution is 9.10. The van der Waals surface area contributed by atoms with E-state index in [0.717, 1.165) is 30.7 Å². The Morgan fingerprint density at radius 2 is 2.53 bits per heavy atom. The molecular formula is C10H16BrN3O. The van der Waals surface area contributed by atoms with Crippen LogP contribution >= 0.6 is 15.9 Å². The first-order chi connectivity index (χ1) is 7.29. The number of likely N-dealkylation sites (tertiary alicyclic amines) is 1. The van der Waals surface area contributed by atoms with Crippen molar-refractivity contribution in [1.82, 2.24) is 14.7 Å². The van der Waals surface area contributed by atoms with Crippen molar-refractivity contribution in [2.75, 3.05) is 33.4 Å². The van der Waals surface area contributed by atoms with Crippen LogP contribution < -0.4 is 0 Å². The molecular weight excluding hydrogens is 258 g/mol. The van der Waals surface area contributed by atoms with Crippen LogP contribution in [-0.4, -0.2) is 48.0 Å². The maximum Gasteiger partial charge on any atom is 0.0658 e. The molecule has 15 heavy (non-hydrogen) atoms. The first kappa shape index (κ1) is 11.1. The molecule has 0 aliphatic carbocycles. The Labute approximate surface area is 98.3 Å². The summed E-state index contributed by atoms with van der Waals surface area (Å²) >= 11 is 3.42. The minimum absolute atomic E-state index is 0.521. The van der Waals surface area contributed by atoms with Crippen molar-refractivity contribution in [3.8, 4) is 0 Å². The molecule has 1 unspecified atom stereocenters. The Hall–Kier alpha value is -0.390. The van der Waals surface area contributed by atoms with Crippen molar-refractivity contribution in [3.05, 3.63) is 16.9 Å². The van der Waals surface area contributed by atoms with Gasteiger partial charge >= 0.3 is 0 Å². The maximum absolute atomic E-state index is 5.08. The Kier molecular flexibility index (Phi) is 3.77. The normalized spacial score (nSPS) is 22.4. The van der Waals surface area contributed by atoms with E-state index in [0.29, 0.717) is 6.04 Å². The lowest BCUT2D eigenvalue weighted by Gasteiger charge is -2.15. The van der Waals surface area contributed by atoms with Crippen molar-refractivity contribution in [2.45, 2.75) is 12.5 Å². The van der Waals surface area contributed by atoms with E-state index in [1.807, 2.05) is 12.4 Å². The van der Waals surface area contributed by atoms with E-state index in [4.69, 9.17) is 4.74 Å². The van der Waals surface area contributed by atoms with Gasteiger partial charge in [0, 0.05) is 32.9 Å². The van der Waals surface area contributed by atoms with Gasteiger partial charge in [-0.05, 0) is 22.4 Å². The molecule has 2 rings (SSSR count). The second-order valence-corrected chi connectivity index (χ2v) is 4.79. The molecule has 5 heteroatoms. The zero-order chi connectivity index (χ0) is 10.7. The van der Waals surface area contributed by atoms with Gasteiger partial charge in [0.15, 0.2) is 0 Å². The van der Waals surface area contributed by atoms with Crippen LogP contribution in [-0.2, 0) is 4.74 Å². The number of hydrogen-bond acceptors (Lipinski definition) is 3. The second-order valence-electron chi connectivity index (χ2n) is 3.87. The Morgan fingerprint density at radius 3 is 3.20 bits per heavy atom. The van der Waals surface area contributed by atoms with Gasteiger partial charge in [-0.25, -0.2) is 0 Å². The Bertz CT molecular complexity index is 315. The summed E-state index contributed by atoms with van der Waals surface area (Å²) in [6.45, 7) is 4.06. The highest BCUT2D eigenvalue weighted by Gasteiger charge is 2.23. The van der Waals surface area contributed by atoms with Crippen molar-refractivity contribution in [2.24, 2.45) is 0 Å². The van der Waals surface area contributed by atoms with Crippen LogP contribution in [0, 0.1) is 0 Å². The summed E-state index contributed by atoms with van der Waals surface area (Å²) in [6, 6.07) is 0.521. The van der Waals surface area contributed by atoms with E-state index in [1.165, 1.54) is 6.42 Å². The van der Waals surface area contributed by atoms with Crippen LogP contribution in [0.1, 0.15) is 12.5 Å². The second kappa shape index (κ2) is 5.09. The van der Waals surface area contributed by atoms with E-state index in [-0.39, 0.29) is 0 Å². The topological polar surface area (TPSA) is 30.3 Å². The fourth-order valence-corrected chi connectivity index (χ4v) is 2.27. The van der Waals surface area contributed by atoms with Crippen molar-refractivity contribution < 1.29 is 4.74 Å². The summed E-state index contributed by atoms with van der Waals surface area (Å²) < 4.78 is 8.18. The van der Waals surface area contributed by atoms with Gasteiger partial charge in [0.25, 0.3) is 0 Å². The van der Waals surface area contributed by atoms with E-state index in [2.05, 4.69) is 30.6 Å². The number of hydrogen-bond donors (Lipinski definition) is 0. The zero-order valence-corrected chi connectivity index (χ0v) is 10.5. The average Bonchev–Trinajstić information content (AvgIpc) is 2.83. The highest BCUT2D eigenvalue weighted by atomic mass is 79.9. The molecule has 1 aromatic heterocycles. The summed E-state index contributed by atoms with van der Waals surface area (Å²) in [6.07, 6.45) is 5.07. The third kappa shape index (κ3) is 2.80. The van der Waals surface area contributed by atoms with Gasteiger partial charge in [0.2, 0.25) is 0 Å². The van der Waals surface area contributed by atoms with Gasteiger partial charge in [-0.15, -0.1) is 0 Å². The molecule has 0 spiro atoms. The number of ether oxygens (including phenoxy) is 1. The third-order valence-corrected chi connectivity index (χ3v) is 3.21. The molecule has 0 bridgehead atoms. The standard InChI is InChI=1S/C10H16BrN3O/c1-15-5-4-13-3-2-10(8-13)14-7-9(11)6-12-14/h6-7,10H,2-5,8H2,1H3. The molecule has 1 aromatic rings. The van der Waals surface area contributed by atoms with Crippen LogP contribution in [0.5, 0.6) is 0 Å². The predicted molar refractivity (Wildman–Crippen MR) is 61.9 cm³/mol. The van der Waals surface area contributed by atoms with Gasteiger partial charge in [-0.1, -0.05) is 0 Å². The molecule has 0 N–H and O–H groups in total. The molecule has 1 fully saturated rings. The molecule has 0 aromatic carbocycles.